The summed E-state index contributed by atoms with van der Waals surface area (Å²) in [5, 5.41) is 3.51. The quantitative estimate of drug-likeness (QED) is 0.768. The van der Waals surface area contributed by atoms with Crippen molar-refractivity contribution in [2.75, 3.05) is 11.9 Å². The van der Waals surface area contributed by atoms with Crippen LogP contribution >= 0.6 is 23.2 Å². The van der Waals surface area contributed by atoms with E-state index in [9.17, 15) is 9.59 Å². The second-order valence-electron chi connectivity index (χ2n) is 5.10. The van der Waals surface area contributed by atoms with Crippen LogP contribution in [0.5, 0.6) is 11.5 Å². The van der Waals surface area contributed by atoms with Gasteiger partial charge in [-0.3, -0.25) is 9.59 Å². The molecule has 2 rings (SSSR count). The minimum absolute atomic E-state index is 0.210. The number of carbonyl (C=O) groups excluding carboxylic acids is 2. The van der Waals surface area contributed by atoms with Gasteiger partial charge in [-0.15, -0.1) is 0 Å². The number of anilines is 1. The van der Waals surface area contributed by atoms with E-state index in [2.05, 4.69) is 5.32 Å². The van der Waals surface area contributed by atoms with E-state index in [0.29, 0.717) is 27.2 Å². The van der Waals surface area contributed by atoms with Gasteiger partial charge in [0.2, 0.25) is 0 Å². The van der Waals surface area contributed by atoms with Crippen molar-refractivity contribution in [2.24, 2.45) is 5.73 Å². The summed E-state index contributed by atoms with van der Waals surface area (Å²) in [7, 11) is 0. The summed E-state index contributed by atoms with van der Waals surface area (Å²) >= 11 is 11.8. The van der Waals surface area contributed by atoms with Crippen molar-refractivity contribution < 1.29 is 19.1 Å². The Balaban J connectivity index is 1.93. The van der Waals surface area contributed by atoms with Crippen molar-refractivity contribution in [3.05, 3.63) is 52.5 Å². The van der Waals surface area contributed by atoms with Crippen molar-refractivity contribution in [3.63, 3.8) is 0 Å². The van der Waals surface area contributed by atoms with Gasteiger partial charge in [-0.05, 0) is 49.4 Å². The van der Waals surface area contributed by atoms with Gasteiger partial charge in [0.25, 0.3) is 11.8 Å². The fourth-order valence-electron chi connectivity index (χ4n) is 1.85. The van der Waals surface area contributed by atoms with Crippen LogP contribution in [-0.4, -0.2) is 24.5 Å². The molecule has 2 aromatic rings. The number of hydrogen-bond acceptors (Lipinski definition) is 4. The molecule has 0 radical (unpaired) electrons. The lowest BCUT2D eigenvalue weighted by Gasteiger charge is -2.16. The summed E-state index contributed by atoms with van der Waals surface area (Å²) in [5.41, 5.74) is 5.55. The van der Waals surface area contributed by atoms with E-state index >= 15 is 0 Å². The van der Waals surface area contributed by atoms with Crippen molar-refractivity contribution in [2.45, 2.75) is 13.0 Å². The average Bonchev–Trinajstić information content (AvgIpc) is 2.56. The van der Waals surface area contributed by atoms with Gasteiger partial charge in [0.05, 0.1) is 5.02 Å². The van der Waals surface area contributed by atoms with Gasteiger partial charge in [0.15, 0.2) is 12.7 Å². The van der Waals surface area contributed by atoms with Crippen LogP contribution in [0.2, 0.25) is 10.0 Å². The second-order valence-corrected chi connectivity index (χ2v) is 5.95. The third-order valence-electron chi connectivity index (χ3n) is 3.07. The van der Waals surface area contributed by atoms with Gasteiger partial charge < -0.3 is 20.5 Å². The van der Waals surface area contributed by atoms with Gasteiger partial charge >= 0.3 is 0 Å². The first kappa shape index (κ1) is 18.9. The maximum Gasteiger partial charge on any atom is 0.265 e. The third kappa shape index (κ3) is 5.85. The molecule has 0 heterocycles. The Hall–Kier alpha value is -2.44. The lowest BCUT2D eigenvalue weighted by Crippen LogP contribution is -2.30. The number of hydrogen-bond donors (Lipinski definition) is 2. The lowest BCUT2D eigenvalue weighted by atomic mass is 10.2. The zero-order valence-electron chi connectivity index (χ0n) is 13.3. The molecule has 0 aliphatic rings. The zero-order valence-corrected chi connectivity index (χ0v) is 14.8. The topological polar surface area (TPSA) is 90.7 Å². The fraction of sp³-hybridized carbons (Fsp3) is 0.176. The van der Waals surface area contributed by atoms with E-state index in [1.807, 2.05) is 0 Å². The molecule has 0 aliphatic carbocycles. The van der Waals surface area contributed by atoms with Crippen LogP contribution < -0.4 is 20.5 Å². The monoisotopic (exact) mass is 382 g/mol. The summed E-state index contributed by atoms with van der Waals surface area (Å²) in [5.74, 6) is -0.0843. The van der Waals surface area contributed by atoms with E-state index in [0.717, 1.165) is 0 Å². The lowest BCUT2D eigenvalue weighted by molar-refractivity contribution is -0.122. The Morgan fingerprint density at radius 1 is 1.16 bits per heavy atom. The fourth-order valence-corrected chi connectivity index (χ4v) is 2.30. The maximum atomic E-state index is 12.2. The van der Waals surface area contributed by atoms with E-state index in [4.69, 9.17) is 38.4 Å². The van der Waals surface area contributed by atoms with Crippen LogP contribution in [0.3, 0.4) is 0 Å². The number of halogens is 2. The second kappa shape index (κ2) is 8.60. The average molecular weight is 383 g/mol. The zero-order chi connectivity index (χ0) is 18.4. The van der Waals surface area contributed by atoms with Crippen LogP contribution in [0.4, 0.5) is 5.69 Å². The van der Waals surface area contributed by atoms with Crippen molar-refractivity contribution in [1.29, 1.82) is 0 Å². The Bertz CT molecular complexity index is 766. The number of carbonyl (C=O) groups is 2. The molecule has 132 valence electrons. The molecule has 2 amide bonds. The molecular formula is C17H16Cl2N2O4. The molecule has 0 aliphatic heterocycles. The molecule has 0 aromatic heterocycles. The number of rotatable bonds is 7. The normalized spacial score (nSPS) is 11.5. The molecule has 2 aromatic carbocycles. The molecule has 0 fully saturated rings. The summed E-state index contributed by atoms with van der Waals surface area (Å²) in [4.78, 5) is 22.9. The number of benzene rings is 2. The predicted octanol–water partition coefficient (Wildman–Crippen LogP) is 3.26. The van der Waals surface area contributed by atoms with Crippen LogP contribution in [0, 0.1) is 0 Å². The van der Waals surface area contributed by atoms with E-state index < -0.39 is 12.0 Å². The predicted molar refractivity (Wildman–Crippen MR) is 96.3 cm³/mol. The Labute approximate surface area is 154 Å². The molecule has 1 atom stereocenters. The highest BCUT2D eigenvalue weighted by Gasteiger charge is 2.16. The highest BCUT2D eigenvalue weighted by atomic mass is 35.5. The highest BCUT2D eigenvalue weighted by Crippen LogP contribution is 2.28. The van der Waals surface area contributed by atoms with Gasteiger partial charge in [0.1, 0.15) is 11.5 Å². The summed E-state index contributed by atoms with van der Waals surface area (Å²) in [6, 6.07) is 11.2. The van der Waals surface area contributed by atoms with E-state index in [-0.39, 0.29) is 12.5 Å². The molecule has 0 bridgehead atoms. The molecular weight excluding hydrogens is 367 g/mol. The Kier molecular flexibility index (Phi) is 6.50. The molecule has 6 nitrogen and oxygen atoms in total. The van der Waals surface area contributed by atoms with Gasteiger partial charge in [-0.25, -0.2) is 0 Å². The number of nitrogens with two attached hydrogens (primary N) is 1. The van der Waals surface area contributed by atoms with E-state index in [1.165, 1.54) is 6.07 Å². The summed E-state index contributed by atoms with van der Waals surface area (Å²) in [6.07, 6.45) is -0.774. The SMILES string of the molecule is CC(Oc1ccc(Cl)cc1Cl)C(=O)Nc1ccc(OCC(N)=O)cc1. The van der Waals surface area contributed by atoms with Gasteiger partial charge in [-0.2, -0.15) is 0 Å². The van der Waals surface area contributed by atoms with Crippen LogP contribution in [0.15, 0.2) is 42.5 Å². The Morgan fingerprint density at radius 3 is 2.44 bits per heavy atom. The largest absolute Gasteiger partial charge is 0.484 e. The van der Waals surface area contributed by atoms with E-state index in [1.54, 1.807) is 43.3 Å². The first-order chi connectivity index (χ1) is 11.8. The number of nitrogens with one attached hydrogen (secondary N) is 1. The molecule has 1 unspecified atom stereocenters. The highest BCUT2D eigenvalue weighted by molar-refractivity contribution is 6.35. The minimum Gasteiger partial charge on any atom is -0.484 e. The van der Waals surface area contributed by atoms with Crippen molar-refractivity contribution >= 4 is 40.7 Å². The van der Waals surface area contributed by atoms with Crippen LogP contribution in [0.25, 0.3) is 0 Å². The molecule has 0 saturated heterocycles. The Morgan fingerprint density at radius 2 is 1.84 bits per heavy atom. The standard InChI is InChI=1S/C17H16Cl2N2O4/c1-10(25-15-7-2-11(18)8-14(15)19)17(23)21-12-3-5-13(6-4-12)24-9-16(20)22/h2-8,10H,9H2,1H3,(H2,20,22)(H,21,23). The first-order valence-corrected chi connectivity index (χ1v) is 8.04. The summed E-state index contributed by atoms with van der Waals surface area (Å²) < 4.78 is 10.7. The first-order valence-electron chi connectivity index (χ1n) is 7.29. The third-order valence-corrected chi connectivity index (χ3v) is 3.60. The number of amides is 2. The molecule has 0 spiro atoms. The molecule has 0 saturated carbocycles. The summed E-state index contributed by atoms with van der Waals surface area (Å²) in [6.45, 7) is 1.39. The van der Waals surface area contributed by atoms with Gasteiger partial charge in [0, 0.05) is 10.7 Å². The van der Waals surface area contributed by atoms with Crippen molar-refractivity contribution in [3.8, 4) is 11.5 Å². The molecule has 8 heteroatoms. The smallest absolute Gasteiger partial charge is 0.265 e. The minimum atomic E-state index is -0.774. The van der Waals surface area contributed by atoms with Gasteiger partial charge in [-0.1, -0.05) is 23.2 Å². The molecule has 3 N–H and O–H groups in total. The number of ether oxygens (including phenoxy) is 2. The number of primary amides is 1. The van der Waals surface area contributed by atoms with Crippen LogP contribution in [-0.2, 0) is 9.59 Å². The van der Waals surface area contributed by atoms with Crippen LogP contribution in [0.1, 0.15) is 6.92 Å². The molecule has 25 heavy (non-hydrogen) atoms. The maximum absolute atomic E-state index is 12.2. The van der Waals surface area contributed by atoms with Crippen molar-refractivity contribution in [1.82, 2.24) is 0 Å².